The molecule has 4 N–H and O–H groups in total. The largest absolute Gasteiger partial charge is 0.484 e. The number of aromatic nitrogens is 3. The van der Waals surface area contributed by atoms with E-state index >= 15 is 0 Å². The van der Waals surface area contributed by atoms with E-state index in [4.69, 9.17) is 25.4 Å². The van der Waals surface area contributed by atoms with Crippen LogP contribution >= 0.6 is 0 Å². The van der Waals surface area contributed by atoms with Crippen LogP contribution in [0.1, 0.15) is 102 Å². The molecule has 1 aliphatic carbocycles. The summed E-state index contributed by atoms with van der Waals surface area (Å²) in [6.45, 7) is 14.9. The van der Waals surface area contributed by atoms with E-state index in [1.807, 2.05) is 82.3 Å². The van der Waals surface area contributed by atoms with Crippen LogP contribution in [0, 0.1) is 23.7 Å². The lowest BCUT2D eigenvalue weighted by molar-refractivity contribution is 0.0200. The summed E-state index contributed by atoms with van der Waals surface area (Å²) in [5.74, 6) is 1.34. The average Bonchev–Trinajstić information content (AvgIpc) is 3.54. The predicted octanol–water partition coefficient (Wildman–Crippen LogP) is 8.01. The third-order valence-electron chi connectivity index (χ3n) is 9.73. The van der Waals surface area contributed by atoms with Gasteiger partial charge < -0.3 is 19.7 Å². The number of urea groups is 1. The Morgan fingerprint density at radius 2 is 1.57 bits per heavy atom. The molecule has 4 aromatic rings. The smallest absolute Gasteiger partial charge is 0.410 e. The second-order valence-corrected chi connectivity index (χ2v) is 16.1. The highest BCUT2D eigenvalue weighted by atomic mass is 16.6. The number of carbonyl (C=O) groups excluding carboxylic acids is 2. The lowest BCUT2D eigenvalue weighted by Crippen LogP contribution is -2.44. The summed E-state index contributed by atoms with van der Waals surface area (Å²) in [5, 5.41) is 28.7. The number of nitrogens with zero attached hydrogens (tertiary/aromatic N) is 4. The standard InChI is InChI=1S/C41H52N8O4/c1-26-12-14-28(15-13-26)49-36(24-34(46-49)40(2,3)4)45-38(50)44-32-17-18-33(31-11-9-8-10-30(31)32)52-29-16-19-35(42)48(25-29)37(43)27-20-22-47(23-21-27)39(51)53-41(5,6)7/h8-16,19,24-25,27,32-33,42-43H,17-18,20-23H2,1-7H3,(H2,44,45,50). The Morgan fingerprint density at radius 1 is 0.887 bits per heavy atom. The maximum absolute atomic E-state index is 13.6. The number of piperidine rings is 1. The van der Waals surface area contributed by atoms with Crippen LogP contribution in [0.4, 0.5) is 15.4 Å². The number of fused-ring (bicyclic) bond motifs is 1. The molecule has 1 saturated heterocycles. The predicted molar refractivity (Wildman–Crippen MR) is 205 cm³/mol. The zero-order valence-corrected chi connectivity index (χ0v) is 31.8. The first-order valence-electron chi connectivity index (χ1n) is 18.4. The van der Waals surface area contributed by atoms with E-state index in [0.29, 0.717) is 56.2 Å². The lowest BCUT2D eigenvalue weighted by atomic mass is 9.85. The van der Waals surface area contributed by atoms with Gasteiger partial charge in [-0.05, 0) is 88.8 Å². The first-order chi connectivity index (χ1) is 25.1. The SMILES string of the molecule is Cc1ccc(-n2nc(C(C)(C)C)cc2NC(=O)NC2CCC(Oc3ccc(=N)n(C(=N)C4CCN(C(=O)OC(C)(C)C)CC4)c3)c3ccccc32)cc1. The fraction of sp³-hybridized carbons (Fsp3) is 0.439. The van der Waals surface area contributed by atoms with Crippen molar-refractivity contribution < 1.29 is 19.1 Å². The Balaban J connectivity index is 1.13. The number of hydrogen-bond acceptors (Lipinski definition) is 7. The number of nitrogens with one attached hydrogen (secondary N) is 4. The number of rotatable bonds is 6. The fourth-order valence-electron chi connectivity index (χ4n) is 6.83. The molecule has 0 saturated carbocycles. The van der Waals surface area contributed by atoms with Gasteiger partial charge in [0, 0.05) is 30.5 Å². The van der Waals surface area contributed by atoms with Gasteiger partial charge in [-0.15, -0.1) is 0 Å². The molecule has 2 aromatic carbocycles. The van der Waals surface area contributed by atoms with Crippen LogP contribution < -0.4 is 20.9 Å². The fourth-order valence-corrected chi connectivity index (χ4v) is 6.83. The van der Waals surface area contributed by atoms with Crippen molar-refractivity contribution in [1.29, 1.82) is 10.8 Å². The molecule has 3 amide bonds. The van der Waals surface area contributed by atoms with Crippen molar-refractivity contribution in [2.75, 3.05) is 18.4 Å². The average molecular weight is 721 g/mol. The third kappa shape index (κ3) is 8.81. The van der Waals surface area contributed by atoms with Crippen molar-refractivity contribution >= 4 is 23.8 Å². The van der Waals surface area contributed by atoms with Gasteiger partial charge in [0.1, 0.15) is 34.6 Å². The number of hydrogen-bond donors (Lipinski definition) is 4. The Morgan fingerprint density at radius 3 is 2.23 bits per heavy atom. The number of benzene rings is 2. The second-order valence-electron chi connectivity index (χ2n) is 16.1. The number of pyridine rings is 1. The van der Waals surface area contributed by atoms with Crippen molar-refractivity contribution in [3.8, 4) is 11.4 Å². The van der Waals surface area contributed by atoms with E-state index in [1.165, 1.54) is 0 Å². The van der Waals surface area contributed by atoms with Gasteiger partial charge in [0.2, 0.25) is 0 Å². The molecule has 12 heteroatoms. The van der Waals surface area contributed by atoms with Crippen LogP contribution in [-0.4, -0.2) is 55.9 Å². The van der Waals surface area contributed by atoms with Gasteiger partial charge in [0.05, 0.1) is 23.6 Å². The molecule has 53 heavy (non-hydrogen) atoms. The van der Waals surface area contributed by atoms with Gasteiger partial charge in [-0.2, -0.15) is 5.10 Å². The summed E-state index contributed by atoms with van der Waals surface area (Å²) < 4.78 is 15.4. The van der Waals surface area contributed by atoms with Crippen molar-refractivity contribution in [3.05, 3.63) is 101 Å². The number of ether oxygens (including phenoxy) is 2. The molecule has 0 spiro atoms. The third-order valence-corrected chi connectivity index (χ3v) is 9.73. The van der Waals surface area contributed by atoms with E-state index in [9.17, 15) is 9.59 Å². The van der Waals surface area contributed by atoms with Crippen LogP contribution in [0.15, 0.2) is 72.9 Å². The van der Waals surface area contributed by atoms with Crippen LogP contribution in [0.3, 0.4) is 0 Å². The summed E-state index contributed by atoms with van der Waals surface area (Å²) >= 11 is 0. The molecule has 280 valence electrons. The minimum atomic E-state index is -0.563. The zero-order chi connectivity index (χ0) is 38.1. The van der Waals surface area contributed by atoms with Crippen molar-refractivity contribution in [2.45, 2.75) is 97.3 Å². The number of aryl methyl sites for hydroxylation is 1. The molecule has 6 rings (SSSR count). The summed E-state index contributed by atoms with van der Waals surface area (Å²) in [6.07, 6.45) is 3.63. The number of carbonyl (C=O) groups is 2. The van der Waals surface area contributed by atoms with E-state index < -0.39 is 5.60 Å². The monoisotopic (exact) mass is 720 g/mol. The van der Waals surface area contributed by atoms with Gasteiger partial charge in [-0.1, -0.05) is 62.7 Å². The first kappa shape index (κ1) is 37.4. The van der Waals surface area contributed by atoms with Gasteiger partial charge in [0.15, 0.2) is 0 Å². The van der Waals surface area contributed by atoms with Crippen LogP contribution in [-0.2, 0) is 10.2 Å². The normalized spacial score (nSPS) is 17.8. The Hall–Kier alpha value is -5.39. The maximum Gasteiger partial charge on any atom is 0.410 e. The molecule has 0 bridgehead atoms. The van der Waals surface area contributed by atoms with Crippen molar-refractivity contribution in [2.24, 2.45) is 5.92 Å². The van der Waals surface area contributed by atoms with E-state index in [2.05, 4.69) is 31.4 Å². The Bertz CT molecular complexity index is 2030. The minimum Gasteiger partial charge on any atom is -0.484 e. The highest BCUT2D eigenvalue weighted by Gasteiger charge is 2.32. The molecule has 2 aliphatic rings. The molecule has 2 aromatic heterocycles. The van der Waals surface area contributed by atoms with Crippen LogP contribution in [0.25, 0.3) is 5.69 Å². The van der Waals surface area contributed by atoms with Gasteiger partial charge in [-0.25, -0.2) is 14.3 Å². The topological polar surface area (TPSA) is 150 Å². The number of amides is 3. The highest BCUT2D eigenvalue weighted by molar-refractivity contribution is 5.89. The number of anilines is 1. The summed E-state index contributed by atoms with van der Waals surface area (Å²) in [7, 11) is 0. The quantitative estimate of drug-likeness (QED) is 0.118. The maximum atomic E-state index is 13.6. The first-order valence-corrected chi connectivity index (χ1v) is 18.4. The molecule has 1 aliphatic heterocycles. The Kier molecular flexibility index (Phi) is 10.5. The lowest BCUT2D eigenvalue weighted by Gasteiger charge is -2.34. The molecule has 2 unspecified atom stereocenters. The highest BCUT2D eigenvalue weighted by Crippen LogP contribution is 2.39. The second kappa shape index (κ2) is 14.9. The van der Waals surface area contributed by atoms with Crippen LogP contribution in [0.5, 0.6) is 5.75 Å². The molecule has 12 nitrogen and oxygen atoms in total. The van der Waals surface area contributed by atoms with Crippen molar-refractivity contribution in [3.63, 3.8) is 0 Å². The molecular weight excluding hydrogens is 669 g/mol. The summed E-state index contributed by atoms with van der Waals surface area (Å²) in [6, 6.07) is 20.8. The summed E-state index contributed by atoms with van der Waals surface area (Å²) in [5.41, 5.74) is 4.26. The molecule has 2 atom stereocenters. The molecule has 0 radical (unpaired) electrons. The zero-order valence-electron chi connectivity index (χ0n) is 31.8. The minimum absolute atomic E-state index is 0.109. The van der Waals surface area contributed by atoms with Crippen LogP contribution in [0.2, 0.25) is 0 Å². The van der Waals surface area contributed by atoms with E-state index in [0.717, 1.165) is 28.1 Å². The Labute approximate surface area is 311 Å². The van der Waals surface area contributed by atoms with Crippen molar-refractivity contribution in [1.82, 2.24) is 24.6 Å². The molecule has 1 fully saturated rings. The number of likely N-dealkylation sites (tertiary alicyclic amines) is 1. The molecular formula is C41H52N8O4. The van der Waals surface area contributed by atoms with E-state index in [1.54, 1.807) is 32.5 Å². The molecule has 3 heterocycles. The van der Waals surface area contributed by atoms with E-state index in [-0.39, 0.29) is 41.1 Å². The summed E-state index contributed by atoms with van der Waals surface area (Å²) in [4.78, 5) is 27.8. The van der Waals surface area contributed by atoms with Gasteiger partial charge in [-0.3, -0.25) is 20.7 Å². The van der Waals surface area contributed by atoms with Gasteiger partial charge in [0.25, 0.3) is 0 Å². The van der Waals surface area contributed by atoms with Gasteiger partial charge >= 0.3 is 12.1 Å².